The van der Waals surface area contributed by atoms with Crippen molar-refractivity contribution in [2.75, 3.05) is 13.1 Å². The highest BCUT2D eigenvalue weighted by molar-refractivity contribution is 5.91. The number of guanidine groups is 1. The average molecular weight is 387 g/mol. The summed E-state index contributed by atoms with van der Waals surface area (Å²) in [7, 11) is 0. The maximum absolute atomic E-state index is 12.9. The van der Waals surface area contributed by atoms with E-state index in [1.165, 1.54) is 0 Å². The second kappa shape index (κ2) is 10.4. The number of rotatable bonds is 9. The van der Waals surface area contributed by atoms with Crippen LogP contribution in [0.3, 0.4) is 0 Å². The van der Waals surface area contributed by atoms with Crippen LogP contribution in [0.5, 0.6) is 0 Å². The quantitative estimate of drug-likeness (QED) is 0.246. The Morgan fingerprint density at radius 2 is 2.04 bits per heavy atom. The monoisotopic (exact) mass is 387 g/mol. The Hall–Kier alpha value is -2.90. The van der Waals surface area contributed by atoms with E-state index >= 15 is 0 Å². The number of amides is 2. The number of benzene rings is 1. The van der Waals surface area contributed by atoms with Gasteiger partial charge >= 0.3 is 0 Å². The maximum atomic E-state index is 12.9. The van der Waals surface area contributed by atoms with E-state index in [1.807, 2.05) is 37.3 Å². The summed E-state index contributed by atoms with van der Waals surface area (Å²) in [6, 6.07) is 8.35. The molecule has 0 aromatic heterocycles. The van der Waals surface area contributed by atoms with E-state index in [2.05, 4.69) is 10.3 Å². The van der Waals surface area contributed by atoms with Crippen molar-refractivity contribution >= 4 is 24.1 Å². The van der Waals surface area contributed by atoms with Crippen LogP contribution in [0.15, 0.2) is 35.3 Å². The van der Waals surface area contributed by atoms with E-state index in [0.717, 1.165) is 12.0 Å². The molecule has 1 fully saturated rings. The molecule has 0 spiro atoms. The summed E-state index contributed by atoms with van der Waals surface area (Å²) in [4.78, 5) is 42.4. The van der Waals surface area contributed by atoms with Gasteiger partial charge in [-0.05, 0) is 38.2 Å². The second-order valence-electron chi connectivity index (χ2n) is 7.02. The van der Waals surface area contributed by atoms with Crippen LogP contribution in [0.1, 0.15) is 44.1 Å². The van der Waals surface area contributed by atoms with E-state index in [4.69, 9.17) is 11.5 Å². The fraction of sp³-hybridized carbons (Fsp3) is 0.500. The molecule has 8 nitrogen and oxygen atoms in total. The minimum Gasteiger partial charge on any atom is -0.370 e. The highest BCUT2D eigenvalue weighted by Crippen LogP contribution is 2.25. The van der Waals surface area contributed by atoms with Crippen LogP contribution >= 0.6 is 0 Å². The first-order valence-electron chi connectivity index (χ1n) is 9.60. The lowest BCUT2D eigenvalue weighted by molar-refractivity contribution is -0.139. The Morgan fingerprint density at radius 3 is 2.68 bits per heavy atom. The van der Waals surface area contributed by atoms with Crippen molar-refractivity contribution in [1.29, 1.82) is 0 Å². The van der Waals surface area contributed by atoms with E-state index < -0.39 is 12.1 Å². The number of carbonyl (C=O) groups is 3. The molecule has 0 bridgehead atoms. The number of nitrogens with two attached hydrogens (primary N) is 2. The van der Waals surface area contributed by atoms with Crippen LogP contribution in [0.2, 0.25) is 0 Å². The molecule has 1 aromatic rings. The van der Waals surface area contributed by atoms with E-state index in [0.29, 0.717) is 38.6 Å². The number of aliphatic imine (C=N–C) groups is 1. The lowest BCUT2D eigenvalue weighted by atomic mass is 9.99. The van der Waals surface area contributed by atoms with Gasteiger partial charge in [0.1, 0.15) is 12.3 Å². The third kappa shape index (κ3) is 5.80. The van der Waals surface area contributed by atoms with Crippen molar-refractivity contribution < 1.29 is 14.4 Å². The first-order chi connectivity index (χ1) is 13.4. The Kier molecular flexibility index (Phi) is 7.98. The predicted octanol–water partition coefficient (Wildman–Crippen LogP) is 0.518. The number of carbonyl (C=O) groups excluding carboxylic acids is 3. The van der Waals surface area contributed by atoms with Crippen LogP contribution in [0, 0.1) is 0 Å². The Labute approximate surface area is 165 Å². The Balaban J connectivity index is 1.94. The standard InChI is InChI=1S/C20H29N5O3/c1-14(15-7-3-2-4-8-15)19(28)25-12-6-10-17(25)18(27)24-16(13-26)9-5-11-23-20(21)22/h2-4,7-8,13-14,16-17H,5-6,9-12H2,1H3,(H,24,27)(H4,21,22,23)/t14-,16?,17+/m1/s1. The third-order valence-corrected chi connectivity index (χ3v) is 4.97. The van der Waals surface area contributed by atoms with Crippen molar-refractivity contribution in [3.63, 3.8) is 0 Å². The molecule has 2 amide bonds. The van der Waals surface area contributed by atoms with Gasteiger partial charge in [0.25, 0.3) is 0 Å². The van der Waals surface area contributed by atoms with Gasteiger partial charge in [-0.25, -0.2) is 0 Å². The molecule has 1 unspecified atom stereocenters. The van der Waals surface area contributed by atoms with Crippen molar-refractivity contribution in [2.45, 2.75) is 50.6 Å². The summed E-state index contributed by atoms with van der Waals surface area (Å²) in [5.41, 5.74) is 11.5. The van der Waals surface area contributed by atoms with Crippen LogP contribution in [-0.4, -0.2) is 54.1 Å². The Morgan fingerprint density at radius 1 is 1.32 bits per heavy atom. The van der Waals surface area contributed by atoms with Crippen LogP contribution < -0.4 is 16.8 Å². The largest absolute Gasteiger partial charge is 0.370 e. The summed E-state index contributed by atoms with van der Waals surface area (Å²) in [5, 5.41) is 2.75. The van der Waals surface area contributed by atoms with E-state index in [1.54, 1.807) is 4.90 Å². The van der Waals surface area contributed by atoms with Gasteiger partial charge in [0.2, 0.25) is 11.8 Å². The third-order valence-electron chi connectivity index (χ3n) is 4.97. The minimum absolute atomic E-state index is 0.000616. The van der Waals surface area contributed by atoms with Crippen LogP contribution in [-0.2, 0) is 14.4 Å². The normalized spacial score (nSPS) is 18.2. The van der Waals surface area contributed by atoms with Gasteiger partial charge < -0.3 is 26.5 Å². The van der Waals surface area contributed by atoms with Gasteiger partial charge in [0.15, 0.2) is 5.96 Å². The number of nitrogens with zero attached hydrogens (tertiary/aromatic N) is 2. The molecular weight excluding hydrogens is 358 g/mol. The number of hydrogen-bond donors (Lipinski definition) is 3. The number of hydrogen-bond acceptors (Lipinski definition) is 4. The van der Waals surface area contributed by atoms with Crippen molar-refractivity contribution in [3.8, 4) is 0 Å². The van der Waals surface area contributed by atoms with Gasteiger partial charge in [-0.15, -0.1) is 0 Å². The summed E-state index contributed by atoms with van der Waals surface area (Å²) in [6.45, 7) is 2.79. The zero-order chi connectivity index (χ0) is 20.5. The number of aldehydes is 1. The molecule has 1 aromatic carbocycles. The van der Waals surface area contributed by atoms with Crippen molar-refractivity contribution in [2.24, 2.45) is 16.5 Å². The first-order valence-corrected chi connectivity index (χ1v) is 9.60. The average Bonchev–Trinajstić information content (AvgIpc) is 3.19. The van der Waals surface area contributed by atoms with Crippen LogP contribution in [0.25, 0.3) is 0 Å². The molecule has 8 heteroatoms. The molecule has 0 aliphatic carbocycles. The van der Waals surface area contributed by atoms with Gasteiger partial charge in [0, 0.05) is 13.1 Å². The lowest BCUT2D eigenvalue weighted by Crippen LogP contribution is -2.50. The second-order valence-corrected chi connectivity index (χ2v) is 7.02. The van der Waals surface area contributed by atoms with Crippen LogP contribution in [0.4, 0.5) is 0 Å². The van der Waals surface area contributed by atoms with Crippen molar-refractivity contribution in [3.05, 3.63) is 35.9 Å². The molecule has 1 heterocycles. The topological polar surface area (TPSA) is 131 Å². The van der Waals surface area contributed by atoms with Gasteiger partial charge in [-0.3, -0.25) is 14.6 Å². The van der Waals surface area contributed by atoms with E-state index in [9.17, 15) is 14.4 Å². The molecule has 0 radical (unpaired) electrons. The molecule has 1 aliphatic rings. The first kappa shape index (κ1) is 21.4. The SMILES string of the molecule is C[C@@H](C(=O)N1CCC[C@H]1C(=O)NC(C=O)CCCN=C(N)N)c1ccccc1. The summed E-state index contributed by atoms with van der Waals surface area (Å²) in [5.74, 6) is -0.681. The molecule has 28 heavy (non-hydrogen) atoms. The highest BCUT2D eigenvalue weighted by atomic mass is 16.2. The van der Waals surface area contributed by atoms with E-state index in [-0.39, 0.29) is 23.7 Å². The smallest absolute Gasteiger partial charge is 0.243 e. The van der Waals surface area contributed by atoms with Crippen molar-refractivity contribution in [1.82, 2.24) is 10.2 Å². The molecule has 1 aliphatic heterocycles. The molecular formula is C20H29N5O3. The molecule has 3 atom stereocenters. The number of nitrogens with one attached hydrogen (secondary N) is 1. The molecule has 2 rings (SSSR count). The lowest BCUT2D eigenvalue weighted by Gasteiger charge is -2.28. The Bertz CT molecular complexity index is 703. The number of likely N-dealkylation sites (tertiary alicyclic amines) is 1. The summed E-state index contributed by atoms with van der Waals surface area (Å²) < 4.78 is 0. The summed E-state index contributed by atoms with van der Waals surface area (Å²) in [6.07, 6.45) is 3.08. The molecule has 1 saturated heterocycles. The minimum atomic E-state index is -0.620. The predicted molar refractivity (Wildman–Crippen MR) is 107 cm³/mol. The fourth-order valence-corrected chi connectivity index (χ4v) is 3.41. The van der Waals surface area contributed by atoms with Gasteiger partial charge in [-0.2, -0.15) is 0 Å². The summed E-state index contributed by atoms with van der Waals surface area (Å²) >= 11 is 0. The fourth-order valence-electron chi connectivity index (χ4n) is 3.41. The molecule has 5 N–H and O–H groups in total. The van der Waals surface area contributed by atoms with Gasteiger partial charge in [0.05, 0.1) is 12.0 Å². The molecule has 152 valence electrons. The maximum Gasteiger partial charge on any atom is 0.243 e. The zero-order valence-corrected chi connectivity index (χ0v) is 16.2. The van der Waals surface area contributed by atoms with Gasteiger partial charge in [-0.1, -0.05) is 30.3 Å². The molecule has 0 saturated carbocycles. The zero-order valence-electron chi connectivity index (χ0n) is 16.2. The highest BCUT2D eigenvalue weighted by Gasteiger charge is 2.36.